The standard InChI is InChI=1S/C12H12BrN3OS2.ClH/c13-8-5-10(18-6-8)11-15-9(7-19-11)12(17)16-3-1-14-2-4-16;/h5-7,14H,1-4H2;1H. The molecule has 108 valence electrons. The van der Waals surface area contributed by atoms with Crippen molar-refractivity contribution in [3.63, 3.8) is 0 Å². The van der Waals surface area contributed by atoms with Gasteiger partial charge in [0.1, 0.15) is 10.7 Å². The topological polar surface area (TPSA) is 45.2 Å². The lowest BCUT2D eigenvalue weighted by Gasteiger charge is -2.26. The van der Waals surface area contributed by atoms with Crippen molar-refractivity contribution in [2.24, 2.45) is 0 Å². The molecule has 3 rings (SSSR count). The van der Waals surface area contributed by atoms with Crippen LogP contribution in [-0.2, 0) is 0 Å². The molecule has 1 saturated heterocycles. The fraction of sp³-hybridized carbons (Fsp3) is 0.333. The Hall–Kier alpha value is -0.470. The Morgan fingerprint density at radius 1 is 1.30 bits per heavy atom. The van der Waals surface area contributed by atoms with E-state index in [1.54, 1.807) is 11.3 Å². The van der Waals surface area contributed by atoms with Crippen LogP contribution < -0.4 is 5.32 Å². The van der Waals surface area contributed by atoms with E-state index in [1.165, 1.54) is 11.3 Å². The molecule has 2 aromatic rings. The number of carbonyl (C=O) groups is 1. The number of rotatable bonds is 2. The van der Waals surface area contributed by atoms with Crippen molar-refractivity contribution in [3.05, 3.63) is 27.0 Å². The molecule has 0 atom stereocenters. The van der Waals surface area contributed by atoms with Gasteiger partial charge < -0.3 is 10.2 Å². The minimum atomic E-state index is 0. The highest BCUT2D eigenvalue weighted by Gasteiger charge is 2.20. The number of nitrogens with zero attached hydrogens (tertiary/aromatic N) is 2. The van der Waals surface area contributed by atoms with Crippen LogP contribution in [0.1, 0.15) is 10.5 Å². The molecule has 0 saturated carbocycles. The summed E-state index contributed by atoms with van der Waals surface area (Å²) in [5.74, 6) is 0.0413. The second kappa shape index (κ2) is 7.00. The van der Waals surface area contributed by atoms with Crippen LogP contribution >= 0.6 is 51.0 Å². The number of carbonyl (C=O) groups excluding carboxylic acids is 1. The highest BCUT2D eigenvalue weighted by atomic mass is 79.9. The first-order valence-corrected chi connectivity index (χ1v) is 8.49. The van der Waals surface area contributed by atoms with E-state index in [2.05, 4.69) is 26.2 Å². The Labute approximate surface area is 139 Å². The maximum Gasteiger partial charge on any atom is 0.273 e. The van der Waals surface area contributed by atoms with Crippen molar-refractivity contribution in [2.75, 3.05) is 26.2 Å². The van der Waals surface area contributed by atoms with E-state index in [-0.39, 0.29) is 18.3 Å². The van der Waals surface area contributed by atoms with Crippen LogP contribution in [0.2, 0.25) is 0 Å². The van der Waals surface area contributed by atoms with Gasteiger partial charge in [0.15, 0.2) is 0 Å². The molecule has 1 fully saturated rings. The second-order valence-electron chi connectivity index (χ2n) is 4.21. The van der Waals surface area contributed by atoms with Crippen molar-refractivity contribution in [1.82, 2.24) is 15.2 Å². The fourth-order valence-corrected chi connectivity index (χ4v) is 4.24. The largest absolute Gasteiger partial charge is 0.335 e. The maximum atomic E-state index is 12.3. The number of amides is 1. The van der Waals surface area contributed by atoms with Gasteiger partial charge in [-0.25, -0.2) is 4.98 Å². The van der Waals surface area contributed by atoms with Gasteiger partial charge in [0.05, 0.1) is 4.88 Å². The third-order valence-corrected chi connectivity index (χ3v) is 5.61. The number of thiophene rings is 1. The smallest absolute Gasteiger partial charge is 0.273 e. The lowest BCUT2D eigenvalue weighted by atomic mass is 10.3. The molecule has 0 spiro atoms. The summed E-state index contributed by atoms with van der Waals surface area (Å²) < 4.78 is 1.05. The van der Waals surface area contributed by atoms with E-state index in [1.807, 2.05) is 21.7 Å². The predicted molar refractivity (Wildman–Crippen MR) is 89.1 cm³/mol. The molecule has 4 nitrogen and oxygen atoms in total. The molecule has 2 aromatic heterocycles. The molecule has 3 heterocycles. The summed E-state index contributed by atoms with van der Waals surface area (Å²) in [6.07, 6.45) is 0. The summed E-state index contributed by atoms with van der Waals surface area (Å²) in [4.78, 5) is 19.7. The monoisotopic (exact) mass is 393 g/mol. The summed E-state index contributed by atoms with van der Waals surface area (Å²) in [6.45, 7) is 3.24. The summed E-state index contributed by atoms with van der Waals surface area (Å²) >= 11 is 6.59. The van der Waals surface area contributed by atoms with Crippen LogP contribution in [0.25, 0.3) is 9.88 Å². The molecule has 0 radical (unpaired) electrons. The number of thiazole rings is 1. The van der Waals surface area contributed by atoms with Gasteiger partial charge in [-0.15, -0.1) is 35.1 Å². The number of aromatic nitrogens is 1. The van der Waals surface area contributed by atoms with E-state index in [0.717, 1.165) is 40.5 Å². The maximum absolute atomic E-state index is 12.3. The minimum absolute atomic E-state index is 0. The molecular weight excluding hydrogens is 382 g/mol. The Balaban J connectivity index is 0.00000147. The normalized spacial score (nSPS) is 14.9. The van der Waals surface area contributed by atoms with Crippen molar-refractivity contribution in [1.29, 1.82) is 0 Å². The van der Waals surface area contributed by atoms with Crippen LogP contribution in [0.5, 0.6) is 0 Å². The number of hydrogen-bond donors (Lipinski definition) is 1. The third kappa shape index (κ3) is 3.40. The molecule has 20 heavy (non-hydrogen) atoms. The lowest BCUT2D eigenvalue weighted by molar-refractivity contribution is 0.0731. The highest BCUT2D eigenvalue weighted by molar-refractivity contribution is 9.10. The Morgan fingerprint density at radius 3 is 2.70 bits per heavy atom. The lowest BCUT2D eigenvalue weighted by Crippen LogP contribution is -2.46. The molecule has 0 aromatic carbocycles. The molecule has 1 amide bonds. The zero-order valence-electron chi connectivity index (χ0n) is 10.5. The molecule has 0 aliphatic carbocycles. The summed E-state index contributed by atoms with van der Waals surface area (Å²) in [7, 11) is 0. The van der Waals surface area contributed by atoms with Crippen molar-refractivity contribution >= 4 is 56.9 Å². The zero-order chi connectivity index (χ0) is 13.2. The average molecular weight is 395 g/mol. The Morgan fingerprint density at radius 2 is 2.05 bits per heavy atom. The number of halogens is 2. The van der Waals surface area contributed by atoms with Crippen molar-refractivity contribution < 1.29 is 4.79 Å². The molecule has 1 aliphatic heterocycles. The number of piperazine rings is 1. The van der Waals surface area contributed by atoms with Gasteiger partial charge >= 0.3 is 0 Å². The van der Waals surface area contributed by atoms with Crippen molar-refractivity contribution in [2.45, 2.75) is 0 Å². The Kier molecular flexibility index (Phi) is 5.57. The second-order valence-corrected chi connectivity index (χ2v) is 6.89. The summed E-state index contributed by atoms with van der Waals surface area (Å²) in [5.41, 5.74) is 0.562. The quantitative estimate of drug-likeness (QED) is 0.851. The number of hydrogen-bond acceptors (Lipinski definition) is 5. The average Bonchev–Trinajstić information content (AvgIpc) is 3.07. The van der Waals surface area contributed by atoms with Gasteiger partial charge in [0.25, 0.3) is 5.91 Å². The van der Waals surface area contributed by atoms with E-state index >= 15 is 0 Å². The van der Waals surface area contributed by atoms with E-state index < -0.39 is 0 Å². The van der Waals surface area contributed by atoms with Gasteiger partial charge in [-0.1, -0.05) is 0 Å². The van der Waals surface area contributed by atoms with Crippen LogP contribution in [-0.4, -0.2) is 42.0 Å². The molecule has 0 bridgehead atoms. The molecule has 1 aliphatic rings. The molecular formula is C12H13BrClN3OS2. The van der Waals surface area contributed by atoms with Gasteiger partial charge in [-0.2, -0.15) is 0 Å². The van der Waals surface area contributed by atoms with Crippen LogP contribution in [0, 0.1) is 0 Å². The van der Waals surface area contributed by atoms with Crippen LogP contribution in [0.15, 0.2) is 21.3 Å². The third-order valence-electron chi connectivity index (χ3n) is 2.91. The van der Waals surface area contributed by atoms with Gasteiger partial charge in [0, 0.05) is 41.4 Å². The summed E-state index contributed by atoms with van der Waals surface area (Å²) in [6, 6.07) is 2.03. The Bertz CT molecular complexity index is 595. The van der Waals surface area contributed by atoms with Gasteiger partial charge in [-0.3, -0.25) is 4.79 Å². The van der Waals surface area contributed by atoms with Gasteiger partial charge in [-0.05, 0) is 22.0 Å². The van der Waals surface area contributed by atoms with Gasteiger partial charge in [0.2, 0.25) is 0 Å². The zero-order valence-corrected chi connectivity index (χ0v) is 14.5. The molecule has 1 N–H and O–H groups in total. The van der Waals surface area contributed by atoms with Crippen molar-refractivity contribution in [3.8, 4) is 9.88 Å². The van der Waals surface area contributed by atoms with Crippen LogP contribution in [0.3, 0.4) is 0 Å². The molecule has 0 unspecified atom stereocenters. The first-order valence-electron chi connectivity index (χ1n) is 5.94. The minimum Gasteiger partial charge on any atom is -0.335 e. The van der Waals surface area contributed by atoms with Crippen LogP contribution in [0.4, 0.5) is 0 Å². The predicted octanol–water partition coefficient (Wildman–Crippen LogP) is 3.10. The SMILES string of the molecule is Cl.O=C(c1csc(-c2cc(Br)cs2)n1)N1CCNCC1. The highest BCUT2D eigenvalue weighted by Crippen LogP contribution is 2.32. The first-order chi connectivity index (χ1) is 9.24. The number of nitrogens with one attached hydrogen (secondary N) is 1. The molecule has 8 heteroatoms. The van der Waals surface area contributed by atoms with E-state index in [9.17, 15) is 4.79 Å². The fourth-order valence-electron chi connectivity index (χ4n) is 1.94. The van der Waals surface area contributed by atoms with E-state index in [0.29, 0.717) is 5.69 Å². The van der Waals surface area contributed by atoms with E-state index in [4.69, 9.17) is 0 Å². The summed E-state index contributed by atoms with van der Waals surface area (Å²) in [5, 5.41) is 8.03. The first kappa shape index (κ1) is 15.9.